The van der Waals surface area contributed by atoms with E-state index in [2.05, 4.69) is 20.9 Å². The van der Waals surface area contributed by atoms with E-state index in [1.54, 1.807) is 4.90 Å². The standard InChI is InChI=1S/C13H12BrF2N3O/c14-10-8(15)3-6-4-9(18-12(6)11(10)16)13(20)19-2-1-7(17)5-19/h3-4,7,18H,1-2,5,17H2/t7-/m1/s1. The van der Waals surface area contributed by atoms with Crippen molar-refractivity contribution in [2.24, 2.45) is 5.73 Å². The molecular formula is C13H12BrF2N3O. The molecule has 1 aromatic heterocycles. The highest BCUT2D eigenvalue weighted by Crippen LogP contribution is 2.28. The smallest absolute Gasteiger partial charge is 0.270 e. The number of hydrogen-bond donors (Lipinski definition) is 2. The number of nitrogens with zero attached hydrogens (tertiary/aromatic N) is 1. The molecule has 0 spiro atoms. The summed E-state index contributed by atoms with van der Waals surface area (Å²) in [6.45, 7) is 1.06. The fourth-order valence-electron chi connectivity index (χ4n) is 2.44. The Bertz CT molecular complexity index is 700. The number of amides is 1. The van der Waals surface area contributed by atoms with Gasteiger partial charge in [-0.25, -0.2) is 8.78 Å². The summed E-state index contributed by atoms with van der Waals surface area (Å²) >= 11 is 2.84. The van der Waals surface area contributed by atoms with Crippen LogP contribution in [0, 0.1) is 11.6 Å². The van der Waals surface area contributed by atoms with Crippen molar-refractivity contribution in [1.29, 1.82) is 0 Å². The number of carbonyl (C=O) groups is 1. The fraction of sp³-hybridized carbons (Fsp3) is 0.308. The maximum Gasteiger partial charge on any atom is 0.270 e. The van der Waals surface area contributed by atoms with Crippen LogP contribution in [0.1, 0.15) is 16.9 Å². The minimum atomic E-state index is -0.739. The Morgan fingerprint density at radius 3 is 2.85 bits per heavy atom. The van der Waals surface area contributed by atoms with Gasteiger partial charge in [0.1, 0.15) is 11.5 Å². The van der Waals surface area contributed by atoms with Gasteiger partial charge in [0.2, 0.25) is 0 Å². The molecule has 2 heterocycles. The summed E-state index contributed by atoms with van der Waals surface area (Å²) in [7, 11) is 0. The number of carbonyl (C=O) groups excluding carboxylic acids is 1. The van der Waals surface area contributed by atoms with Crippen molar-refractivity contribution in [1.82, 2.24) is 9.88 Å². The molecule has 1 fully saturated rings. The maximum atomic E-state index is 13.9. The number of likely N-dealkylation sites (tertiary alicyclic amines) is 1. The molecule has 3 rings (SSSR count). The van der Waals surface area contributed by atoms with E-state index in [1.165, 1.54) is 12.1 Å². The molecule has 1 aromatic carbocycles. The van der Waals surface area contributed by atoms with Crippen LogP contribution in [0.15, 0.2) is 16.6 Å². The van der Waals surface area contributed by atoms with Crippen molar-refractivity contribution in [3.05, 3.63) is 33.9 Å². The Hall–Kier alpha value is -1.47. The van der Waals surface area contributed by atoms with Crippen LogP contribution in [-0.4, -0.2) is 34.9 Å². The predicted octanol–water partition coefficient (Wildman–Crippen LogP) is 2.38. The summed E-state index contributed by atoms with van der Waals surface area (Å²) in [5, 5.41) is 0.329. The molecule has 0 radical (unpaired) electrons. The van der Waals surface area contributed by atoms with E-state index >= 15 is 0 Å². The average molecular weight is 344 g/mol. The molecule has 7 heteroatoms. The van der Waals surface area contributed by atoms with Gasteiger partial charge in [0.25, 0.3) is 5.91 Å². The molecule has 4 nitrogen and oxygen atoms in total. The van der Waals surface area contributed by atoms with Crippen molar-refractivity contribution in [2.75, 3.05) is 13.1 Å². The van der Waals surface area contributed by atoms with Crippen LogP contribution in [0.4, 0.5) is 8.78 Å². The lowest BCUT2D eigenvalue weighted by Crippen LogP contribution is -2.32. The summed E-state index contributed by atoms with van der Waals surface area (Å²) in [5.74, 6) is -1.68. The number of nitrogens with two attached hydrogens (primary N) is 1. The first-order chi connectivity index (χ1) is 9.47. The molecule has 1 atom stereocenters. The number of aromatic nitrogens is 1. The van der Waals surface area contributed by atoms with Crippen molar-refractivity contribution >= 4 is 32.7 Å². The Morgan fingerprint density at radius 1 is 1.45 bits per heavy atom. The number of H-pyrrole nitrogens is 1. The molecule has 106 valence electrons. The molecule has 2 aromatic rings. The Kier molecular flexibility index (Phi) is 3.25. The second-order valence-corrected chi connectivity index (χ2v) is 5.73. The molecule has 20 heavy (non-hydrogen) atoms. The normalized spacial score (nSPS) is 19.0. The Balaban J connectivity index is 2.01. The van der Waals surface area contributed by atoms with Crippen LogP contribution in [-0.2, 0) is 0 Å². The second-order valence-electron chi connectivity index (χ2n) is 4.93. The summed E-state index contributed by atoms with van der Waals surface area (Å²) in [6.07, 6.45) is 0.751. The number of halogens is 3. The molecule has 0 unspecified atom stereocenters. The monoisotopic (exact) mass is 343 g/mol. The summed E-state index contributed by atoms with van der Waals surface area (Å²) in [5.41, 5.74) is 6.12. The first-order valence-corrected chi connectivity index (χ1v) is 6.97. The van der Waals surface area contributed by atoms with Gasteiger partial charge >= 0.3 is 0 Å². The number of aromatic amines is 1. The molecule has 1 aliphatic heterocycles. The zero-order chi connectivity index (χ0) is 14.4. The van der Waals surface area contributed by atoms with Crippen LogP contribution >= 0.6 is 15.9 Å². The lowest BCUT2D eigenvalue weighted by molar-refractivity contribution is 0.0786. The van der Waals surface area contributed by atoms with E-state index in [0.29, 0.717) is 18.5 Å². The molecule has 1 amide bonds. The SMILES string of the molecule is N[C@@H]1CCN(C(=O)c2cc3cc(F)c(Br)c(F)c3[nH]2)C1. The lowest BCUT2D eigenvalue weighted by Gasteiger charge is -2.14. The van der Waals surface area contributed by atoms with Crippen LogP contribution in [0.3, 0.4) is 0 Å². The Labute approximate surface area is 122 Å². The van der Waals surface area contributed by atoms with E-state index < -0.39 is 11.6 Å². The number of benzene rings is 1. The minimum Gasteiger partial charge on any atom is -0.348 e. The summed E-state index contributed by atoms with van der Waals surface area (Å²) in [6, 6.07) is 2.62. The van der Waals surface area contributed by atoms with Gasteiger partial charge in [-0.05, 0) is 34.5 Å². The largest absolute Gasteiger partial charge is 0.348 e. The highest BCUT2D eigenvalue weighted by atomic mass is 79.9. The van der Waals surface area contributed by atoms with E-state index in [1.807, 2.05) is 0 Å². The first kappa shape index (κ1) is 13.5. The van der Waals surface area contributed by atoms with E-state index in [4.69, 9.17) is 5.73 Å². The molecule has 1 aliphatic rings. The van der Waals surface area contributed by atoms with Crippen LogP contribution in [0.25, 0.3) is 10.9 Å². The van der Waals surface area contributed by atoms with Gasteiger partial charge < -0.3 is 15.6 Å². The number of nitrogens with one attached hydrogen (secondary N) is 1. The lowest BCUT2D eigenvalue weighted by atomic mass is 10.2. The molecular weight excluding hydrogens is 332 g/mol. The molecule has 0 bridgehead atoms. The zero-order valence-electron chi connectivity index (χ0n) is 10.4. The predicted molar refractivity (Wildman–Crippen MR) is 74.4 cm³/mol. The molecule has 3 N–H and O–H groups in total. The highest BCUT2D eigenvalue weighted by Gasteiger charge is 2.26. The van der Waals surface area contributed by atoms with E-state index in [9.17, 15) is 13.6 Å². The van der Waals surface area contributed by atoms with Gasteiger partial charge in [-0.15, -0.1) is 0 Å². The van der Waals surface area contributed by atoms with Crippen molar-refractivity contribution in [3.63, 3.8) is 0 Å². The second kappa shape index (κ2) is 4.82. The molecule has 0 aliphatic carbocycles. The van der Waals surface area contributed by atoms with E-state index in [-0.39, 0.29) is 27.6 Å². The Morgan fingerprint density at radius 2 is 2.20 bits per heavy atom. The first-order valence-electron chi connectivity index (χ1n) is 6.18. The third-order valence-electron chi connectivity index (χ3n) is 3.49. The molecule has 1 saturated heterocycles. The summed E-state index contributed by atoms with van der Waals surface area (Å²) in [4.78, 5) is 16.6. The fourth-order valence-corrected chi connectivity index (χ4v) is 2.75. The third kappa shape index (κ3) is 2.10. The van der Waals surface area contributed by atoms with Gasteiger partial charge in [-0.2, -0.15) is 0 Å². The number of fused-ring (bicyclic) bond motifs is 1. The zero-order valence-corrected chi connectivity index (χ0v) is 12.0. The van der Waals surface area contributed by atoms with Gasteiger partial charge in [0, 0.05) is 24.5 Å². The van der Waals surface area contributed by atoms with Gasteiger partial charge in [0.05, 0.1) is 9.99 Å². The van der Waals surface area contributed by atoms with Gasteiger partial charge in [-0.3, -0.25) is 4.79 Å². The number of rotatable bonds is 1. The van der Waals surface area contributed by atoms with Crippen LogP contribution < -0.4 is 5.73 Å². The average Bonchev–Trinajstić information content (AvgIpc) is 3.02. The van der Waals surface area contributed by atoms with Crippen LogP contribution in [0.5, 0.6) is 0 Å². The molecule has 0 saturated carbocycles. The van der Waals surface area contributed by atoms with Crippen molar-refractivity contribution < 1.29 is 13.6 Å². The quantitative estimate of drug-likeness (QED) is 0.781. The topological polar surface area (TPSA) is 62.1 Å². The minimum absolute atomic E-state index is 0.0216. The number of hydrogen-bond acceptors (Lipinski definition) is 2. The summed E-state index contributed by atoms with van der Waals surface area (Å²) < 4.78 is 27.1. The maximum absolute atomic E-state index is 13.9. The van der Waals surface area contributed by atoms with E-state index in [0.717, 1.165) is 6.42 Å². The van der Waals surface area contributed by atoms with Gasteiger partial charge in [-0.1, -0.05) is 0 Å². The van der Waals surface area contributed by atoms with Crippen LogP contribution in [0.2, 0.25) is 0 Å². The highest BCUT2D eigenvalue weighted by molar-refractivity contribution is 9.10. The third-order valence-corrected chi connectivity index (χ3v) is 4.22. The van der Waals surface area contributed by atoms with Gasteiger partial charge in [0.15, 0.2) is 5.82 Å². The van der Waals surface area contributed by atoms with Crippen molar-refractivity contribution in [3.8, 4) is 0 Å². The van der Waals surface area contributed by atoms with Crippen molar-refractivity contribution in [2.45, 2.75) is 12.5 Å².